The lowest BCUT2D eigenvalue weighted by Gasteiger charge is -2.32. The number of hydrogen-bond acceptors (Lipinski definition) is 6. The third kappa shape index (κ3) is 4.44. The molecule has 2 saturated heterocycles. The fourth-order valence-electron chi connectivity index (χ4n) is 4.02. The predicted molar refractivity (Wildman–Crippen MR) is 109 cm³/mol. The van der Waals surface area contributed by atoms with Gasteiger partial charge in [0.25, 0.3) is 5.91 Å². The highest BCUT2D eigenvalue weighted by molar-refractivity contribution is 7.91. The van der Waals surface area contributed by atoms with Crippen LogP contribution in [0.15, 0.2) is 23.1 Å². The Morgan fingerprint density at radius 1 is 1.24 bits per heavy atom. The maximum absolute atomic E-state index is 13.3. The van der Waals surface area contributed by atoms with Gasteiger partial charge in [0.05, 0.1) is 18.6 Å². The van der Waals surface area contributed by atoms with Gasteiger partial charge in [-0.1, -0.05) is 6.42 Å². The van der Waals surface area contributed by atoms with Crippen molar-refractivity contribution in [3.8, 4) is 5.75 Å². The van der Waals surface area contributed by atoms with Crippen molar-refractivity contribution < 1.29 is 26.4 Å². The zero-order valence-electron chi connectivity index (χ0n) is 17.0. The lowest BCUT2D eigenvalue weighted by Crippen LogP contribution is -2.42. The number of sulfonamides is 1. The number of ether oxygens (including phenoxy) is 1. The van der Waals surface area contributed by atoms with Crippen molar-refractivity contribution in [1.82, 2.24) is 9.21 Å². The summed E-state index contributed by atoms with van der Waals surface area (Å²) in [5.41, 5.74) is 0.195. The maximum atomic E-state index is 13.3. The quantitative estimate of drug-likeness (QED) is 0.682. The first-order valence-corrected chi connectivity index (χ1v) is 13.0. The van der Waals surface area contributed by atoms with E-state index in [0.717, 1.165) is 19.3 Å². The van der Waals surface area contributed by atoms with Gasteiger partial charge in [0, 0.05) is 31.2 Å². The zero-order chi connectivity index (χ0) is 21.4. The number of methoxy groups -OCH3 is 1. The Bertz CT molecular complexity index is 990. The highest BCUT2D eigenvalue weighted by atomic mass is 32.2. The molecule has 0 bridgehead atoms. The number of benzene rings is 1. The summed E-state index contributed by atoms with van der Waals surface area (Å²) in [5.74, 6) is -0.227. The van der Waals surface area contributed by atoms with Gasteiger partial charge in [-0.2, -0.15) is 4.31 Å². The first-order chi connectivity index (χ1) is 13.6. The molecule has 0 unspecified atom stereocenters. The van der Waals surface area contributed by atoms with Gasteiger partial charge >= 0.3 is 0 Å². The van der Waals surface area contributed by atoms with Crippen LogP contribution in [0.2, 0.25) is 0 Å². The summed E-state index contributed by atoms with van der Waals surface area (Å²) in [6, 6.07) is 3.81. The molecule has 162 valence electrons. The molecule has 0 aliphatic carbocycles. The first kappa shape index (κ1) is 22.0. The second kappa shape index (κ2) is 8.23. The van der Waals surface area contributed by atoms with Gasteiger partial charge in [0.2, 0.25) is 10.0 Å². The van der Waals surface area contributed by atoms with Gasteiger partial charge in [-0.15, -0.1) is 0 Å². The first-order valence-electron chi connectivity index (χ1n) is 9.74. The number of nitrogens with zero attached hydrogens (tertiary/aromatic N) is 2. The van der Waals surface area contributed by atoms with Crippen molar-refractivity contribution >= 4 is 25.8 Å². The summed E-state index contributed by atoms with van der Waals surface area (Å²) in [6.07, 6.45) is 2.96. The van der Waals surface area contributed by atoms with E-state index in [1.165, 1.54) is 34.5 Å². The van der Waals surface area contributed by atoms with E-state index >= 15 is 0 Å². The van der Waals surface area contributed by atoms with Crippen LogP contribution in [-0.2, 0) is 19.9 Å². The molecule has 2 aliphatic heterocycles. The molecule has 1 aromatic carbocycles. The average Bonchev–Trinajstić information content (AvgIpc) is 3.06. The van der Waals surface area contributed by atoms with Crippen LogP contribution in [0.25, 0.3) is 0 Å². The molecule has 0 spiro atoms. The second-order valence-electron chi connectivity index (χ2n) is 7.80. The lowest BCUT2D eigenvalue weighted by atomic mass is 10.1. The normalized spacial score (nSPS) is 24.9. The van der Waals surface area contributed by atoms with E-state index in [9.17, 15) is 21.6 Å². The summed E-state index contributed by atoms with van der Waals surface area (Å²) >= 11 is 0. The molecular weight excluding hydrogens is 416 g/mol. The van der Waals surface area contributed by atoms with Crippen molar-refractivity contribution in [2.45, 2.75) is 49.6 Å². The van der Waals surface area contributed by atoms with E-state index in [-0.39, 0.29) is 33.8 Å². The highest BCUT2D eigenvalue weighted by Crippen LogP contribution is 2.32. The van der Waals surface area contributed by atoms with Crippen molar-refractivity contribution in [1.29, 1.82) is 0 Å². The molecule has 10 heteroatoms. The van der Waals surface area contributed by atoms with E-state index in [4.69, 9.17) is 4.74 Å². The molecule has 2 heterocycles. The number of carbonyl (C=O) groups excluding carboxylic acids is 1. The van der Waals surface area contributed by atoms with Gasteiger partial charge < -0.3 is 9.64 Å². The van der Waals surface area contributed by atoms with Gasteiger partial charge in [-0.25, -0.2) is 16.8 Å². The summed E-state index contributed by atoms with van der Waals surface area (Å²) in [5, 5.41) is 0. The van der Waals surface area contributed by atoms with Crippen LogP contribution < -0.4 is 4.74 Å². The smallest absolute Gasteiger partial charge is 0.253 e. The fourth-order valence-corrected chi connectivity index (χ4v) is 7.67. The van der Waals surface area contributed by atoms with E-state index in [1.54, 1.807) is 7.05 Å². The monoisotopic (exact) mass is 444 g/mol. The summed E-state index contributed by atoms with van der Waals surface area (Å²) in [4.78, 5) is 14.3. The van der Waals surface area contributed by atoms with Gasteiger partial charge in [0.15, 0.2) is 9.84 Å². The fraction of sp³-hybridized carbons (Fsp3) is 0.632. The Balaban J connectivity index is 1.93. The van der Waals surface area contributed by atoms with Crippen LogP contribution in [0.5, 0.6) is 5.75 Å². The molecule has 2 fully saturated rings. The third-order valence-electron chi connectivity index (χ3n) is 5.82. The SMILES string of the molecule is COc1ccc(C(=O)N(C)[C@@H]2CCS(=O)(=O)C2)cc1S(=O)(=O)N1CCCC[C@@H]1C. The average molecular weight is 445 g/mol. The molecule has 8 nitrogen and oxygen atoms in total. The van der Waals surface area contributed by atoms with Crippen LogP contribution in [0.3, 0.4) is 0 Å². The molecule has 0 saturated carbocycles. The van der Waals surface area contributed by atoms with Gasteiger partial charge in [0.1, 0.15) is 10.6 Å². The summed E-state index contributed by atoms with van der Waals surface area (Å²) < 4.78 is 56.8. The van der Waals surface area contributed by atoms with E-state index < -0.39 is 31.8 Å². The third-order valence-corrected chi connectivity index (χ3v) is 9.60. The molecule has 1 aromatic rings. The van der Waals surface area contributed by atoms with E-state index in [2.05, 4.69) is 0 Å². The van der Waals surface area contributed by atoms with Crippen LogP contribution >= 0.6 is 0 Å². The second-order valence-corrected chi connectivity index (χ2v) is 11.9. The van der Waals surface area contributed by atoms with Crippen molar-refractivity contribution in [3.05, 3.63) is 23.8 Å². The highest BCUT2D eigenvalue weighted by Gasteiger charge is 2.36. The molecule has 3 rings (SSSR count). The van der Waals surface area contributed by atoms with Crippen LogP contribution in [0, 0.1) is 0 Å². The van der Waals surface area contributed by atoms with Crippen LogP contribution in [-0.4, -0.2) is 76.2 Å². The summed E-state index contributed by atoms with van der Waals surface area (Å²) in [6.45, 7) is 2.32. The largest absolute Gasteiger partial charge is 0.495 e. The topological polar surface area (TPSA) is 101 Å². The molecule has 2 aliphatic rings. The van der Waals surface area contributed by atoms with Gasteiger partial charge in [-0.3, -0.25) is 4.79 Å². The molecule has 0 aromatic heterocycles. The molecule has 1 amide bonds. The molecular formula is C19H28N2O6S2. The van der Waals surface area contributed by atoms with Crippen LogP contribution in [0.4, 0.5) is 0 Å². The molecule has 29 heavy (non-hydrogen) atoms. The van der Waals surface area contributed by atoms with Crippen molar-refractivity contribution in [2.75, 3.05) is 32.2 Å². The Morgan fingerprint density at radius 3 is 2.55 bits per heavy atom. The zero-order valence-corrected chi connectivity index (χ0v) is 18.6. The molecule has 0 N–H and O–H groups in total. The Hall–Kier alpha value is -1.65. The Morgan fingerprint density at radius 2 is 1.97 bits per heavy atom. The van der Waals surface area contributed by atoms with Crippen molar-refractivity contribution in [3.63, 3.8) is 0 Å². The van der Waals surface area contributed by atoms with E-state index in [1.807, 2.05) is 6.92 Å². The number of piperidine rings is 1. The number of amides is 1. The Labute approximate surface area is 172 Å². The standard InChI is InChI=1S/C19H28N2O6S2/c1-14-6-4-5-10-21(14)29(25,26)18-12-15(7-8-17(18)27-3)19(22)20(2)16-9-11-28(23,24)13-16/h7-8,12,14,16H,4-6,9-11,13H2,1-3H3/t14-,16+/m0/s1. The minimum absolute atomic E-state index is 0.0351. The molecule has 0 radical (unpaired) electrons. The van der Waals surface area contributed by atoms with Gasteiger partial charge in [-0.05, 0) is 44.4 Å². The molecule has 2 atom stereocenters. The number of sulfone groups is 1. The number of carbonyl (C=O) groups is 1. The minimum Gasteiger partial charge on any atom is -0.495 e. The van der Waals surface area contributed by atoms with Crippen LogP contribution in [0.1, 0.15) is 43.0 Å². The van der Waals surface area contributed by atoms with E-state index in [0.29, 0.717) is 13.0 Å². The summed E-state index contributed by atoms with van der Waals surface area (Å²) in [7, 11) is -4.02. The minimum atomic E-state index is -3.83. The maximum Gasteiger partial charge on any atom is 0.253 e. The number of rotatable bonds is 5. The van der Waals surface area contributed by atoms with Crippen molar-refractivity contribution in [2.24, 2.45) is 0 Å². The Kier molecular flexibility index (Phi) is 6.26. The lowest BCUT2D eigenvalue weighted by molar-refractivity contribution is 0.0747. The number of hydrogen-bond donors (Lipinski definition) is 0. The predicted octanol–water partition coefficient (Wildman–Crippen LogP) is 1.52.